The molecule has 0 aliphatic carbocycles. The van der Waals surface area contributed by atoms with Crippen molar-refractivity contribution in [2.45, 2.75) is 6.92 Å². The number of hydrogen-bond acceptors (Lipinski definition) is 5. The van der Waals surface area contributed by atoms with Crippen LogP contribution in [-0.2, 0) is 0 Å². The molecule has 2 rings (SSSR count). The molecule has 1 heterocycles. The molecule has 0 spiro atoms. The Bertz CT molecular complexity index is 797. The van der Waals surface area contributed by atoms with Gasteiger partial charge in [0.2, 0.25) is 0 Å². The second kappa shape index (κ2) is 5.11. The zero-order chi connectivity index (χ0) is 14.9. The van der Waals surface area contributed by atoms with Crippen LogP contribution in [0, 0.1) is 39.7 Å². The van der Waals surface area contributed by atoms with Gasteiger partial charge < -0.3 is 0 Å². The Balaban J connectivity index is 2.70. The molecule has 0 amide bonds. The summed E-state index contributed by atoms with van der Waals surface area (Å²) in [6, 6.07) is 6.64. The van der Waals surface area contributed by atoms with Crippen molar-refractivity contribution in [2.24, 2.45) is 0 Å². The molecule has 0 unspecified atom stereocenters. The maximum atomic E-state index is 10.9. The molecule has 8 heteroatoms. The van der Waals surface area contributed by atoms with Gasteiger partial charge in [0.15, 0.2) is 11.4 Å². The Hall–Kier alpha value is -2.71. The Morgan fingerprint density at radius 3 is 2.65 bits per heavy atom. The molecule has 1 aromatic carbocycles. The Morgan fingerprint density at radius 1 is 1.40 bits per heavy atom. The average molecular weight is 332 g/mol. The molecule has 0 fully saturated rings. The lowest BCUT2D eigenvalue weighted by atomic mass is 10.1. The number of nitro benzene ring substituents is 1. The van der Waals surface area contributed by atoms with Crippen molar-refractivity contribution < 1.29 is 4.92 Å². The molecule has 0 N–H and O–H groups in total. The highest BCUT2D eigenvalue weighted by Gasteiger charge is 2.18. The Morgan fingerprint density at radius 2 is 2.10 bits per heavy atom. The van der Waals surface area contributed by atoms with Crippen LogP contribution >= 0.6 is 15.9 Å². The van der Waals surface area contributed by atoms with Gasteiger partial charge in [0.25, 0.3) is 5.69 Å². The molecule has 0 saturated heterocycles. The van der Waals surface area contributed by atoms with Gasteiger partial charge in [-0.1, -0.05) is 0 Å². The van der Waals surface area contributed by atoms with Gasteiger partial charge in [-0.2, -0.15) is 10.5 Å². The number of benzene rings is 1. The fraction of sp³-hybridized carbons (Fsp3) is 0.0833. The Kier molecular flexibility index (Phi) is 3.51. The molecule has 98 valence electrons. The number of aryl methyl sites for hydroxylation is 1. The van der Waals surface area contributed by atoms with E-state index in [1.165, 1.54) is 17.0 Å². The Labute approximate surface area is 122 Å². The van der Waals surface area contributed by atoms with Crippen molar-refractivity contribution >= 4 is 21.6 Å². The topological polar surface area (TPSA) is 109 Å². The predicted octanol–water partition coefficient (Wildman–Crippen LogP) is 2.59. The summed E-state index contributed by atoms with van der Waals surface area (Å²) >= 11 is 3.24. The minimum Gasteiger partial charge on any atom is -0.288 e. The van der Waals surface area contributed by atoms with Crippen LogP contribution in [0.5, 0.6) is 0 Å². The molecular formula is C12H6BrN5O2. The third-order valence-corrected chi connectivity index (χ3v) is 3.34. The zero-order valence-corrected chi connectivity index (χ0v) is 11.7. The lowest BCUT2D eigenvalue weighted by Gasteiger charge is -2.08. The van der Waals surface area contributed by atoms with Crippen LogP contribution in [0.4, 0.5) is 5.69 Å². The molecule has 0 radical (unpaired) electrons. The van der Waals surface area contributed by atoms with E-state index in [0.29, 0.717) is 15.7 Å². The number of imidazole rings is 1. The molecule has 20 heavy (non-hydrogen) atoms. The summed E-state index contributed by atoms with van der Waals surface area (Å²) in [5.41, 5.74) is 1.03. The van der Waals surface area contributed by atoms with Crippen molar-refractivity contribution in [1.29, 1.82) is 10.5 Å². The first-order chi connectivity index (χ1) is 9.49. The molecule has 0 aliphatic rings. The fourth-order valence-electron chi connectivity index (χ4n) is 1.76. The molecule has 2 aromatic rings. The van der Waals surface area contributed by atoms with Crippen molar-refractivity contribution in [3.63, 3.8) is 0 Å². The highest BCUT2D eigenvalue weighted by atomic mass is 79.9. The van der Waals surface area contributed by atoms with E-state index in [1.54, 1.807) is 13.0 Å². The summed E-state index contributed by atoms with van der Waals surface area (Å²) in [5.74, 6) is 0. The highest BCUT2D eigenvalue weighted by molar-refractivity contribution is 9.10. The summed E-state index contributed by atoms with van der Waals surface area (Å²) in [7, 11) is 0. The smallest absolute Gasteiger partial charge is 0.273 e. The first-order valence-corrected chi connectivity index (χ1v) is 6.11. The molecule has 0 aliphatic heterocycles. The molecule has 7 nitrogen and oxygen atoms in total. The summed E-state index contributed by atoms with van der Waals surface area (Å²) in [5, 5.41) is 28.8. The minimum absolute atomic E-state index is 0.00964. The number of nitro groups is 1. The van der Waals surface area contributed by atoms with E-state index in [2.05, 4.69) is 20.9 Å². The van der Waals surface area contributed by atoms with Crippen LogP contribution in [0.3, 0.4) is 0 Å². The largest absolute Gasteiger partial charge is 0.288 e. The van der Waals surface area contributed by atoms with E-state index < -0.39 is 4.92 Å². The van der Waals surface area contributed by atoms with Crippen molar-refractivity contribution in [3.8, 4) is 17.8 Å². The molecule has 1 aromatic heterocycles. The summed E-state index contributed by atoms with van der Waals surface area (Å²) in [6.45, 7) is 1.60. The van der Waals surface area contributed by atoms with Crippen molar-refractivity contribution in [1.82, 2.24) is 9.55 Å². The van der Waals surface area contributed by atoms with Gasteiger partial charge in [-0.15, -0.1) is 0 Å². The van der Waals surface area contributed by atoms with Crippen molar-refractivity contribution in [3.05, 3.63) is 50.0 Å². The first-order valence-electron chi connectivity index (χ1n) is 5.32. The summed E-state index contributed by atoms with van der Waals surface area (Å²) < 4.78 is 1.85. The van der Waals surface area contributed by atoms with E-state index in [4.69, 9.17) is 10.5 Å². The normalized spacial score (nSPS) is 9.80. The number of nitrogens with zero attached hydrogens (tertiary/aromatic N) is 5. The number of rotatable bonds is 2. The maximum absolute atomic E-state index is 10.9. The number of hydrogen-bond donors (Lipinski definition) is 0. The monoisotopic (exact) mass is 331 g/mol. The second-order valence-electron chi connectivity index (χ2n) is 3.88. The quantitative estimate of drug-likeness (QED) is 0.620. The lowest BCUT2D eigenvalue weighted by Crippen LogP contribution is -2.00. The van der Waals surface area contributed by atoms with Gasteiger partial charge >= 0.3 is 0 Å². The van der Waals surface area contributed by atoms with Crippen LogP contribution in [0.15, 0.2) is 22.9 Å². The van der Waals surface area contributed by atoms with Gasteiger partial charge in [-0.3, -0.25) is 14.7 Å². The maximum Gasteiger partial charge on any atom is 0.273 e. The molecule has 0 saturated carbocycles. The SMILES string of the molecule is Cc1cc(-n2cnc(C#N)c2C#N)c(Br)cc1[N+](=O)[O-]. The summed E-state index contributed by atoms with van der Waals surface area (Å²) in [4.78, 5) is 14.2. The van der Waals surface area contributed by atoms with Crippen LogP contribution in [-0.4, -0.2) is 14.5 Å². The lowest BCUT2D eigenvalue weighted by molar-refractivity contribution is -0.385. The summed E-state index contributed by atoms with van der Waals surface area (Å²) in [6.07, 6.45) is 1.34. The number of halogens is 1. The van der Waals surface area contributed by atoms with Crippen LogP contribution in [0.1, 0.15) is 17.0 Å². The van der Waals surface area contributed by atoms with E-state index >= 15 is 0 Å². The second-order valence-corrected chi connectivity index (χ2v) is 4.74. The highest BCUT2D eigenvalue weighted by Crippen LogP contribution is 2.30. The van der Waals surface area contributed by atoms with E-state index in [1.807, 2.05) is 12.1 Å². The zero-order valence-electron chi connectivity index (χ0n) is 10.2. The minimum atomic E-state index is -0.482. The average Bonchev–Trinajstić information content (AvgIpc) is 2.83. The van der Waals surface area contributed by atoms with Crippen LogP contribution in [0.2, 0.25) is 0 Å². The van der Waals surface area contributed by atoms with Gasteiger partial charge in [-0.25, -0.2) is 4.98 Å². The van der Waals surface area contributed by atoms with Gasteiger partial charge in [0, 0.05) is 16.1 Å². The van der Waals surface area contributed by atoms with Gasteiger partial charge in [-0.05, 0) is 28.9 Å². The third kappa shape index (κ3) is 2.13. The molecule has 0 atom stereocenters. The first kappa shape index (κ1) is 13.7. The van der Waals surface area contributed by atoms with Gasteiger partial charge in [0.05, 0.1) is 10.6 Å². The standard InChI is InChI=1S/C12H6BrN5O2/c1-7-2-11(8(13)3-10(7)18(19)20)17-6-16-9(4-14)12(17)5-15/h2-3,6H,1H3. The van der Waals surface area contributed by atoms with Gasteiger partial charge in [0.1, 0.15) is 18.5 Å². The van der Waals surface area contributed by atoms with Crippen LogP contribution < -0.4 is 0 Å². The van der Waals surface area contributed by atoms with E-state index in [0.717, 1.165) is 0 Å². The van der Waals surface area contributed by atoms with Crippen molar-refractivity contribution in [2.75, 3.05) is 0 Å². The fourth-order valence-corrected chi connectivity index (χ4v) is 2.28. The number of aromatic nitrogens is 2. The molecular weight excluding hydrogens is 326 g/mol. The molecule has 0 bridgehead atoms. The van der Waals surface area contributed by atoms with E-state index in [9.17, 15) is 10.1 Å². The number of nitriles is 2. The van der Waals surface area contributed by atoms with E-state index in [-0.39, 0.29) is 17.1 Å². The predicted molar refractivity (Wildman–Crippen MR) is 72.1 cm³/mol. The van der Waals surface area contributed by atoms with Crippen LogP contribution in [0.25, 0.3) is 5.69 Å². The third-order valence-electron chi connectivity index (χ3n) is 2.70.